The number of allylic oxidation sites excluding steroid dienone is 3. The van der Waals surface area contributed by atoms with Gasteiger partial charge in [-0.15, -0.1) is 19.7 Å². The van der Waals surface area contributed by atoms with Crippen LogP contribution in [-0.2, 0) is 12.8 Å². The molecule has 3 aromatic carbocycles. The van der Waals surface area contributed by atoms with Gasteiger partial charge in [-0.05, 0) is 88.2 Å². The van der Waals surface area contributed by atoms with Crippen molar-refractivity contribution >= 4 is 21.5 Å². The molecule has 0 aliphatic heterocycles. The minimum absolute atomic E-state index is 0.533. The highest BCUT2D eigenvalue weighted by atomic mass is 14.3. The molecule has 0 nitrogen and oxygen atoms in total. The van der Waals surface area contributed by atoms with Crippen molar-refractivity contribution in [2.45, 2.75) is 38.0 Å². The van der Waals surface area contributed by atoms with Crippen molar-refractivity contribution in [1.82, 2.24) is 0 Å². The van der Waals surface area contributed by atoms with E-state index in [9.17, 15) is 0 Å². The third-order valence-electron chi connectivity index (χ3n) is 6.24. The van der Waals surface area contributed by atoms with E-state index in [4.69, 9.17) is 0 Å². The molecule has 2 atom stereocenters. The summed E-state index contributed by atoms with van der Waals surface area (Å²) in [5.74, 6) is 1.19. The monoisotopic (exact) mass is 352 g/mol. The first kappa shape index (κ1) is 17.8. The fraction of sp³-hybridized carbons (Fsp3) is 0.259. The van der Waals surface area contributed by atoms with Gasteiger partial charge < -0.3 is 0 Å². The fourth-order valence-electron chi connectivity index (χ4n) is 5.07. The molecule has 0 saturated heterocycles. The van der Waals surface area contributed by atoms with Gasteiger partial charge in [-0.25, -0.2) is 0 Å². The molecular formula is C27H28. The van der Waals surface area contributed by atoms with Crippen molar-refractivity contribution in [3.05, 3.63) is 97.1 Å². The van der Waals surface area contributed by atoms with E-state index in [0.717, 1.165) is 19.3 Å². The highest BCUT2D eigenvalue weighted by Crippen LogP contribution is 2.45. The Kier molecular flexibility index (Phi) is 4.99. The van der Waals surface area contributed by atoms with E-state index < -0.39 is 0 Å². The van der Waals surface area contributed by atoms with Crippen molar-refractivity contribution in [2.75, 3.05) is 0 Å². The molecule has 0 heterocycles. The predicted molar refractivity (Wildman–Crippen MR) is 120 cm³/mol. The fourth-order valence-corrected chi connectivity index (χ4v) is 5.07. The standard InChI is InChI=1S/C27H28/c1-4-9-19-14-15-20-16-17-25-24-13-8-7-12-22(24)21(10-5-2)18-26(25)27(20)23(19)11-6-3/h4-8,12-13,16-19,23H,1-3,9-11,14-15H2. The van der Waals surface area contributed by atoms with Gasteiger partial charge in [0.15, 0.2) is 0 Å². The molecule has 0 amide bonds. The number of fused-ring (bicyclic) bond motifs is 5. The molecule has 1 aliphatic rings. The molecule has 0 fully saturated rings. The molecule has 0 aromatic heterocycles. The Morgan fingerprint density at radius 1 is 0.815 bits per heavy atom. The van der Waals surface area contributed by atoms with Gasteiger partial charge >= 0.3 is 0 Å². The summed E-state index contributed by atoms with van der Waals surface area (Å²) in [5.41, 5.74) is 4.46. The summed E-state index contributed by atoms with van der Waals surface area (Å²) < 4.78 is 0. The van der Waals surface area contributed by atoms with Crippen LogP contribution in [0, 0.1) is 5.92 Å². The summed E-state index contributed by atoms with van der Waals surface area (Å²) >= 11 is 0. The van der Waals surface area contributed by atoms with Crippen molar-refractivity contribution < 1.29 is 0 Å². The zero-order valence-corrected chi connectivity index (χ0v) is 16.1. The Morgan fingerprint density at radius 2 is 1.56 bits per heavy atom. The van der Waals surface area contributed by atoms with Crippen LogP contribution in [0.15, 0.2) is 80.4 Å². The molecule has 0 N–H and O–H groups in total. The van der Waals surface area contributed by atoms with Gasteiger partial charge in [-0.2, -0.15) is 0 Å². The third kappa shape index (κ3) is 3.04. The topological polar surface area (TPSA) is 0 Å². The van der Waals surface area contributed by atoms with Crippen LogP contribution in [0.1, 0.15) is 41.9 Å². The maximum absolute atomic E-state index is 4.06. The van der Waals surface area contributed by atoms with Crippen molar-refractivity contribution in [1.29, 1.82) is 0 Å². The molecule has 0 saturated carbocycles. The van der Waals surface area contributed by atoms with Crippen LogP contribution in [0.25, 0.3) is 21.5 Å². The SMILES string of the molecule is C=CCc1cc2c3c(ccc2c2ccccc12)CCC(CC=C)C3CC=C. The van der Waals surface area contributed by atoms with Gasteiger partial charge in [0.1, 0.15) is 0 Å². The van der Waals surface area contributed by atoms with Crippen LogP contribution in [0.4, 0.5) is 0 Å². The molecule has 0 spiro atoms. The van der Waals surface area contributed by atoms with E-state index >= 15 is 0 Å². The first-order valence-corrected chi connectivity index (χ1v) is 10.1. The lowest BCUT2D eigenvalue weighted by atomic mass is 9.70. The lowest BCUT2D eigenvalue weighted by Gasteiger charge is -2.34. The number of benzene rings is 3. The second-order valence-electron chi connectivity index (χ2n) is 7.76. The molecule has 0 heteroatoms. The molecular weight excluding hydrogens is 324 g/mol. The largest absolute Gasteiger partial charge is 0.103 e. The van der Waals surface area contributed by atoms with E-state index in [1.54, 1.807) is 5.56 Å². The second-order valence-corrected chi connectivity index (χ2v) is 7.76. The Balaban J connectivity index is 2.04. The van der Waals surface area contributed by atoms with E-state index in [2.05, 4.69) is 74.4 Å². The maximum Gasteiger partial charge on any atom is -0.00872 e. The molecule has 4 rings (SSSR count). The summed E-state index contributed by atoms with van der Waals surface area (Å²) in [6.07, 6.45) is 11.6. The first-order valence-electron chi connectivity index (χ1n) is 10.1. The predicted octanol–water partition coefficient (Wildman–Crippen LogP) is 7.52. The van der Waals surface area contributed by atoms with Gasteiger partial charge in [-0.1, -0.05) is 54.6 Å². The summed E-state index contributed by atoms with van der Waals surface area (Å²) in [7, 11) is 0. The Morgan fingerprint density at radius 3 is 2.30 bits per heavy atom. The van der Waals surface area contributed by atoms with Crippen LogP contribution < -0.4 is 0 Å². The van der Waals surface area contributed by atoms with E-state index in [-0.39, 0.29) is 0 Å². The molecule has 2 unspecified atom stereocenters. The zero-order valence-electron chi connectivity index (χ0n) is 16.1. The van der Waals surface area contributed by atoms with Gasteiger partial charge in [-0.3, -0.25) is 0 Å². The van der Waals surface area contributed by atoms with Crippen LogP contribution >= 0.6 is 0 Å². The van der Waals surface area contributed by atoms with E-state index in [1.165, 1.54) is 45.5 Å². The minimum atomic E-state index is 0.533. The Labute approximate surface area is 162 Å². The zero-order chi connectivity index (χ0) is 18.8. The van der Waals surface area contributed by atoms with Gasteiger partial charge in [0, 0.05) is 0 Å². The van der Waals surface area contributed by atoms with Crippen molar-refractivity contribution in [2.24, 2.45) is 5.92 Å². The Bertz CT molecular complexity index is 1020. The lowest BCUT2D eigenvalue weighted by molar-refractivity contribution is 0.379. The van der Waals surface area contributed by atoms with Gasteiger partial charge in [0.2, 0.25) is 0 Å². The van der Waals surface area contributed by atoms with E-state index in [0.29, 0.717) is 11.8 Å². The maximum atomic E-state index is 4.06. The van der Waals surface area contributed by atoms with Crippen LogP contribution in [-0.4, -0.2) is 0 Å². The first-order chi connectivity index (χ1) is 13.3. The van der Waals surface area contributed by atoms with Crippen LogP contribution in [0.2, 0.25) is 0 Å². The number of hydrogen-bond donors (Lipinski definition) is 0. The smallest absolute Gasteiger partial charge is 0.00872 e. The average molecular weight is 353 g/mol. The third-order valence-corrected chi connectivity index (χ3v) is 6.24. The second kappa shape index (κ2) is 7.56. The summed E-state index contributed by atoms with van der Waals surface area (Å²) in [5, 5.41) is 5.52. The molecule has 1 aliphatic carbocycles. The van der Waals surface area contributed by atoms with Crippen molar-refractivity contribution in [3.8, 4) is 0 Å². The van der Waals surface area contributed by atoms with Crippen LogP contribution in [0.5, 0.6) is 0 Å². The number of rotatable bonds is 6. The van der Waals surface area contributed by atoms with Crippen molar-refractivity contribution in [3.63, 3.8) is 0 Å². The summed E-state index contributed by atoms with van der Waals surface area (Å²) in [6, 6.07) is 16.0. The van der Waals surface area contributed by atoms with E-state index in [1.807, 2.05) is 6.08 Å². The summed E-state index contributed by atoms with van der Waals surface area (Å²) in [4.78, 5) is 0. The number of hydrogen-bond acceptors (Lipinski definition) is 0. The molecule has 136 valence electrons. The van der Waals surface area contributed by atoms with Gasteiger partial charge in [0.05, 0.1) is 0 Å². The number of aryl methyl sites for hydroxylation is 1. The quantitative estimate of drug-likeness (QED) is 0.318. The molecule has 27 heavy (non-hydrogen) atoms. The molecule has 3 aromatic rings. The summed E-state index contributed by atoms with van der Waals surface area (Å²) in [6.45, 7) is 12.1. The highest BCUT2D eigenvalue weighted by Gasteiger charge is 2.29. The normalized spacial score (nSPS) is 19.0. The lowest BCUT2D eigenvalue weighted by Crippen LogP contribution is -2.20. The van der Waals surface area contributed by atoms with Crippen LogP contribution in [0.3, 0.4) is 0 Å². The van der Waals surface area contributed by atoms with Gasteiger partial charge in [0.25, 0.3) is 0 Å². The Hall–Kier alpha value is -2.60. The minimum Gasteiger partial charge on any atom is -0.103 e. The molecule has 0 radical (unpaired) electrons. The average Bonchev–Trinajstić information content (AvgIpc) is 2.70. The highest BCUT2D eigenvalue weighted by molar-refractivity contribution is 6.10. The molecule has 0 bridgehead atoms.